The summed E-state index contributed by atoms with van der Waals surface area (Å²) in [5, 5.41) is 4.67. The van der Waals surface area contributed by atoms with Gasteiger partial charge in [0.15, 0.2) is 0 Å². The molecule has 0 aliphatic rings. The molecule has 1 N–H and O–H groups in total. The fraction of sp³-hybridized carbons (Fsp3) is 0.294. The molecule has 0 aliphatic heterocycles. The van der Waals surface area contributed by atoms with Crippen LogP contribution in [0.15, 0.2) is 42.5 Å². The zero-order valence-corrected chi connectivity index (χ0v) is 13.3. The van der Waals surface area contributed by atoms with Gasteiger partial charge < -0.3 is 5.32 Å². The van der Waals surface area contributed by atoms with Crippen molar-refractivity contribution in [1.29, 1.82) is 0 Å². The average molecular weight is 308 g/mol. The highest BCUT2D eigenvalue weighted by Gasteiger charge is 2.10. The molecule has 1 unspecified atom stereocenters. The van der Waals surface area contributed by atoms with Gasteiger partial charge in [-0.1, -0.05) is 66.9 Å². The van der Waals surface area contributed by atoms with E-state index in [0.717, 1.165) is 12.1 Å². The van der Waals surface area contributed by atoms with Crippen molar-refractivity contribution in [1.82, 2.24) is 0 Å². The predicted octanol–water partition coefficient (Wildman–Crippen LogP) is 6.12. The molecule has 1 nitrogen and oxygen atoms in total. The maximum Gasteiger partial charge on any atom is 0.0723 e. The third-order valence-corrected chi connectivity index (χ3v) is 3.97. The van der Waals surface area contributed by atoms with E-state index in [1.54, 1.807) is 0 Å². The minimum Gasteiger partial charge on any atom is -0.376 e. The van der Waals surface area contributed by atoms with Gasteiger partial charge in [-0.3, -0.25) is 0 Å². The van der Waals surface area contributed by atoms with Crippen LogP contribution in [-0.4, -0.2) is 0 Å². The highest BCUT2D eigenvalue weighted by atomic mass is 35.5. The number of halogens is 2. The van der Waals surface area contributed by atoms with Crippen LogP contribution in [-0.2, 0) is 6.42 Å². The average Bonchev–Trinajstić information content (AvgIpc) is 2.44. The Morgan fingerprint density at radius 1 is 1.00 bits per heavy atom. The molecular formula is C17H19Cl2N. The first-order valence-corrected chi connectivity index (χ1v) is 7.66. The molecule has 3 heteroatoms. The molecule has 0 bridgehead atoms. The molecule has 0 amide bonds. The van der Waals surface area contributed by atoms with Gasteiger partial charge in [0.05, 0.1) is 15.7 Å². The Morgan fingerprint density at radius 2 is 1.60 bits per heavy atom. The van der Waals surface area contributed by atoms with Gasteiger partial charge in [-0.25, -0.2) is 0 Å². The first-order chi connectivity index (χ1) is 9.61. The van der Waals surface area contributed by atoms with Crippen molar-refractivity contribution in [2.75, 3.05) is 5.32 Å². The topological polar surface area (TPSA) is 12.0 Å². The number of hydrogen-bond acceptors (Lipinski definition) is 1. The number of aryl methyl sites for hydroxylation is 1. The molecule has 2 rings (SSSR count). The Bertz CT molecular complexity index is 543. The fourth-order valence-corrected chi connectivity index (χ4v) is 2.70. The van der Waals surface area contributed by atoms with Crippen molar-refractivity contribution >= 4 is 28.9 Å². The minimum absolute atomic E-state index is 0.156. The lowest BCUT2D eigenvalue weighted by molar-refractivity contribution is 0.876. The number of rotatable bonds is 5. The summed E-state index contributed by atoms with van der Waals surface area (Å²) in [6, 6.07) is 14.4. The summed E-state index contributed by atoms with van der Waals surface area (Å²) in [6.07, 6.45) is 2.29. The van der Waals surface area contributed by atoms with Crippen LogP contribution in [0.25, 0.3) is 0 Å². The van der Waals surface area contributed by atoms with Crippen LogP contribution < -0.4 is 5.32 Å². The van der Waals surface area contributed by atoms with E-state index in [4.69, 9.17) is 23.2 Å². The van der Waals surface area contributed by atoms with Gasteiger partial charge >= 0.3 is 0 Å². The maximum absolute atomic E-state index is 6.18. The van der Waals surface area contributed by atoms with Crippen LogP contribution in [0.3, 0.4) is 0 Å². The molecule has 0 heterocycles. The largest absolute Gasteiger partial charge is 0.376 e. The van der Waals surface area contributed by atoms with Gasteiger partial charge in [-0.2, -0.15) is 0 Å². The fourth-order valence-electron chi connectivity index (χ4n) is 2.20. The Kier molecular flexibility index (Phi) is 5.33. The van der Waals surface area contributed by atoms with E-state index in [-0.39, 0.29) is 6.04 Å². The molecule has 20 heavy (non-hydrogen) atoms. The number of para-hydroxylation sites is 1. The summed E-state index contributed by atoms with van der Waals surface area (Å²) in [7, 11) is 0. The summed E-state index contributed by atoms with van der Waals surface area (Å²) in [6.45, 7) is 4.30. The number of nitrogens with one attached hydrogen (secondary N) is 1. The molecule has 0 aromatic heterocycles. The van der Waals surface area contributed by atoms with Crippen LogP contribution in [0.1, 0.15) is 37.4 Å². The van der Waals surface area contributed by atoms with Gasteiger partial charge in [-0.15, -0.1) is 0 Å². The van der Waals surface area contributed by atoms with Gasteiger partial charge in [0.1, 0.15) is 0 Å². The molecular weight excluding hydrogens is 289 g/mol. The van der Waals surface area contributed by atoms with Gasteiger partial charge in [0.2, 0.25) is 0 Å². The molecule has 0 aliphatic carbocycles. The van der Waals surface area contributed by atoms with Crippen molar-refractivity contribution < 1.29 is 0 Å². The molecule has 0 radical (unpaired) electrons. The van der Waals surface area contributed by atoms with E-state index in [2.05, 4.69) is 43.4 Å². The SMILES string of the molecule is CCCc1ccc(C(C)Nc2c(Cl)cccc2Cl)cc1. The van der Waals surface area contributed by atoms with Crippen molar-refractivity contribution in [3.63, 3.8) is 0 Å². The molecule has 0 fully saturated rings. The van der Waals surface area contributed by atoms with E-state index in [1.807, 2.05) is 18.2 Å². The summed E-state index contributed by atoms with van der Waals surface area (Å²) in [4.78, 5) is 0. The smallest absolute Gasteiger partial charge is 0.0723 e. The molecule has 2 aromatic rings. The second-order valence-electron chi connectivity index (χ2n) is 4.95. The van der Waals surface area contributed by atoms with E-state index < -0.39 is 0 Å². The normalized spacial score (nSPS) is 12.2. The molecule has 0 saturated heterocycles. The van der Waals surface area contributed by atoms with Crippen molar-refractivity contribution in [2.45, 2.75) is 32.7 Å². The van der Waals surface area contributed by atoms with Crippen LogP contribution in [0.2, 0.25) is 10.0 Å². The highest BCUT2D eigenvalue weighted by Crippen LogP contribution is 2.32. The second-order valence-corrected chi connectivity index (χ2v) is 5.77. The van der Waals surface area contributed by atoms with Crippen LogP contribution in [0.5, 0.6) is 0 Å². The van der Waals surface area contributed by atoms with E-state index in [9.17, 15) is 0 Å². The predicted molar refractivity (Wildman–Crippen MR) is 88.9 cm³/mol. The summed E-state index contributed by atoms with van der Waals surface area (Å²) in [5.41, 5.74) is 3.39. The quantitative estimate of drug-likeness (QED) is 0.701. The lowest BCUT2D eigenvalue weighted by Gasteiger charge is -2.18. The summed E-state index contributed by atoms with van der Waals surface area (Å²) < 4.78 is 0. The number of benzene rings is 2. The Morgan fingerprint density at radius 3 is 2.15 bits per heavy atom. The van der Waals surface area contributed by atoms with Crippen molar-refractivity contribution in [3.8, 4) is 0 Å². The summed E-state index contributed by atoms with van der Waals surface area (Å²) in [5.74, 6) is 0. The van der Waals surface area contributed by atoms with E-state index >= 15 is 0 Å². The zero-order chi connectivity index (χ0) is 14.5. The zero-order valence-electron chi connectivity index (χ0n) is 11.8. The lowest BCUT2D eigenvalue weighted by atomic mass is 10.0. The van der Waals surface area contributed by atoms with E-state index in [1.165, 1.54) is 17.5 Å². The third kappa shape index (κ3) is 3.68. The molecule has 0 saturated carbocycles. The first-order valence-electron chi connectivity index (χ1n) is 6.91. The molecule has 0 spiro atoms. The standard InChI is InChI=1S/C17H19Cl2N/c1-3-5-13-8-10-14(11-9-13)12(2)20-17-15(18)6-4-7-16(17)19/h4,6-12,20H,3,5H2,1-2H3. The van der Waals surface area contributed by atoms with Gasteiger partial charge in [0, 0.05) is 6.04 Å². The Hall–Kier alpha value is -1.18. The summed E-state index contributed by atoms with van der Waals surface area (Å²) >= 11 is 12.4. The molecule has 1 atom stereocenters. The Balaban J connectivity index is 2.13. The highest BCUT2D eigenvalue weighted by molar-refractivity contribution is 6.39. The van der Waals surface area contributed by atoms with Gasteiger partial charge in [0.25, 0.3) is 0 Å². The van der Waals surface area contributed by atoms with Crippen LogP contribution in [0, 0.1) is 0 Å². The van der Waals surface area contributed by atoms with E-state index in [0.29, 0.717) is 10.0 Å². The minimum atomic E-state index is 0.156. The maximum atomic E-state index is 6.18. The van der Waals surface area contributed by atoms with Crippen molar-refractivity contribution in [3.05, 3.63) is 63.6 Å². The van der Waals surface area contributed by atoms with Gasteiger partial charge in [-0.05, 0) is 36.6 Å². The van der Waals surface area contributed by atoms with Crippen LogP contribution in [0.4, 0.5) is 5.69 Å². The first kappa shape index (κ1) is 15.2. The molecule has 2 aromatic carbocycles. The second kappa shape index (κ2) is 7.01. The number of anilines is 1. The third-order valence-electron chi connectivity index (χ3n) is 3.34. The monoisotopic (exact) mass is 307 g/mol. The van der Waals surface area contributed by atoms with Crippen LogP contribution >= 0.6 is 23.2 Å². The lowest BCUT2D eigenvalue weighted by Crippen LogP contribution is -2.07. The number of hydrogen-bond donors (Lipinski definition) is 1. The Labute approximate surface area is 130 Å². The molecule has 106 valence electrons. The van der Waals surface area contributed by atoms with Crippen molar-refractivity contribution in [2.24, 2.45) is 0 Å².